The zero-order chi connectivity index (χ0) is 24.2. The summed E-state index contributed by atoms with van der Waals surface area (Å²) in [6.07, 6.45) is 0.0205. The Morgan fingerprint density at radius 1 is 1.03 bits per heavy atom. The summed E-state index contributed by atoms with van der Waals surface area (Å²) >= 11 is 11.7. The molecule has 4 rings (SSSR count). The van der Waals surface area contributed by atoms with Crippen molar-refractivity contribution in [3.63, 3.8) is 0 Å². The molecule has 2 aliphatic rings. The van der Waals surface area contributed by atoms with E-state index in [2.05, 4.69) is 22.2 Å². The van der Waals surface area contributed by atoms with Crippen LogP contribution in [0.3, 0.4) is 0 Å². The van der Waals surface area contributed by atoms with Gasteiger partial charge in [-0.3, -0.25) is 19.4 Å². The predicted molar refractivity (Wildman–Crippen MR) is 140 cm³/mol. The maximum Gasteiger partial charge on any atom is 0.256 e. The molecule has 180 valence electrons. The average molecular weight is 500 g/mol. The molecule has 2 heterocycles. The largest absolute Gasteiger partial charge is 0.335 e. The van der Waals surface area contributed by atoms with Gasteiger partial charge in [-0.05, 0) is 62.6 Å². The number of anilines is 2. The molecule has 2 aliphatic heterocycles. The van der Waals surface area contributed by atoms with E-state index in [0.717, 1.165) is 44.0 Å². The summed E-state index contributed by atoms with van der Waals surface area (Å²) < 4.78 is 0. The highest BCUT2D eigenvalue weighted by molar-refractivity contribution is 7.80. The first-order valence-corrected chi connectivity index (χ1v) is 12.3. The van der Waals surface area contributed by atoms with E-state index in [4.69, 9.17) is 23.8 Å². The fraction of sp³-hybridized carbons (Fsp3) is 0.400. The maximum atomic E-state index is 13.5. The van der Waals surface area contributed by atoms with Crippen molar-refractivity contribution in [2.24, 2.45) is 0 Å². The first kappa shape index (κ1) is 24.6. The number of thiocarbonyl (C=S) groups is 1. The Morgan fingerprint density at radius 2 is 1.68 bits per heavy atom. The van der Waals surface area contributed by atoms with Crippen LogP contribution in [0.1, 0.15) is 12.0 Å². The molecule has 2 fully saturated rings. The molecule has 2 aromatic rings. The minimum Gasteiger partial charge on any atom is -0.335 e. The SMILES string of the molecule is Cc1ccc(N2C(=O)C(CC(=O)Nc3ccc(Cl)cc3)N(CCN3CCN(C)CC3)C2=S)cc1. The molecule has 0 aromatic heterocycles. The van der Waals surface area contributed by atoms with Crippen molar-refractivity contribution < 1.29 is 9.59 Å². The van der Waals surface area contributed by atoms with Crippen LogP contribution in [0.2, 0.25) is 5.02 Å². The lowest BCUT2D eigenvalue weighted by molar-refractivity contribution is -0.124. The van der Waals surface area contributed by atoms with Gasteiger partial charge in [0.25, 0.3) is 5.91 Å². The van der Waals surface area contributed by atoms with Crippen molar-refractivity contribution in [2.75, 3.05) is 56.5 Å². The van der Waals surface area contributed by atoms with Crippen molar-refractivity contribution in [3.8, 4) is 0 Å². The average Bonchev–Trinajstić information content (AvgIpc) is 3.04. The quantitative estimate of drug-likeness (QED) is 0.590. The number of rotatable bonds is 7. The number of hydrogen-bond donors (Lipinski definition) is 1. The molecule has 0 spiro atoms. The number of aryl methyl sites for hydroxylation is 1. The monoisotopic (exact) mass is 499 g/mol. The number of halogens is 1. The lowest BCUT2D eigenvalue weighted by atomic mass is 10.1. The van der Waals surface area contributed by atoms with Crippen molar-refractivity contribution in [1.82, 2.24) is 14.7 Å². The summed E-state index contributed by atoms with van der Waals surface area (Å²) in [6.45, 7) is 7.38. The Bertz CT molecular complexity index is 1040. The lowest BCUT2D eigenvalue weighted by Crippen LogP contribution is -2.48. The van der Waals surface area contributed by atoms with E-state index in [9.17, 15) is 9.59 Å². The van der Waals surface area contributed by atoms with Crippen LogP contribution in [-0.2, 0) is 9.59 Å². The maximum absolute atomic E-state index is 13.5. The highest BCUT2D eigenvalue weighted by atomic mass is 35.5. The first-order chi connectivity index (χ1) is 16.3. The van der Waals surface area contributed by atoms with Crippen LogP contribution in [0, 0.1) is 6.92 Å². The zero-order valence-corrected chi connectivity index (χ0v) is 21.1. The third kappa shape index (κ3) is 5.75. The summed E-state index contributed by atoms with van der Waals surface area (Å²) in [5.41, 5.74) is 2.47. The van der Waals surface area contributed by atoms with E-state index in [1.54, 1.807) is 29.2 Å². The van der Waals surface area contributed by atoms with Crippen LogP contribution in [0.25, 0.3) is 0 Å². The number of carbonyl (C=O) groups is 2. The number of benzene rings is 2. The van der Waals surface area contributed by atoms with E-state index in [0.29, 0.717) is 22.4 Å². The van der Waals surface area contributed by atoms with Gasteiger partial charge in [0.1, 0.15) is 6.04 Å². The Balaban J connectivity index is 1.50. The molecule has 2 aromatic carbocycles. The molecular formula is C25H30ClN5O2S. The molecule has 2 saturated heterocycles. The summed E-state index contributed by atoms with van der Waals surface area (Å²) in [5.74, 6) is -0.405. The molecule has 2 amide bonds. The second kappa shape index (κ2) is 10.8. The number of likely N-dealkylation sites (N-methyl/N-ethyl adjacent to an activating group) is 1. The lowest BCUT2D eigenvalue weighted by Gasteiger charge is -2.34. The molecule has 9 heteroatoms. The number of hydrogen-bond acceptors (Lipinski definition) is 5. The van der Waals surface area contributed by atoms with E-state index < -0.39 is 6.04 Å². The molecule has 1 atom stereocenters. The molecule has 1 N–H and O–H groups in total. The standard InChI is InChI=1S/C25H30ClN5O2S/c1-18-3-9-21(10-4-18)31-24(33)22(17-23(32)27-20-7-5-19(26)6-8-20)30(25(31)34)16-15-29-13-11-28(2)12-14-29/h3-10,22H,11-17H2,1-2H3,(H,27,32). The first-order valence-electron chi connectivity index (χ1n) is 11.5. The van der Waals surface area contributed by atoms with E-state index >= 15 is 0 Å². The number of piperazine rings is 1. The van der Waals surface area contributed by atoms with Gasteiger partial charge in [-0.25, -0.2) is 0 Å². The third-order valence-electron chi connectivity index (χ3n) is 6.37. The van der Waals surface area contributed by atoms with Crippen LogP contribution >= 0.6 is 23.8 Å². The summed E-state index contributed by atoms with van der Waals surface area (Å²) in [4.78, 5) is 34.6. The number of nitrogens with zero attached hydrogens (tertiary/aromatic N) is 4. The van der Waals surface area contributed by atoms with Crippen LogP contribution in [0.5, 0.6) is 0 Å². The van der Waals surface area contributed by atoms with Gasteiger partial charge in [0.2, 0.25) is 5.91 Å². The Morgan fingerprint density at radius 3 is 2.32 bits per heavy atom. The fourth-order valence-corrected chi connectivity index (χ4v) is 4.80. The van der Waals surface area contributed by atoms with Crippen molar-refractivity contribution in [3.05, 3.63) is 59.1 Å². The Hall–Kier alpha value is -2.52. The molecule has 0 saturated carbocycles. The molecule has 0 aliphatic carbocycles. The smallest absolute Gasteiger partial charge is 0.256 e. The van der Waals surface area contributed by atoms with E-state index in [1.807, 2.05) is 36.1 Å². The number of amides is 2. The number of carbonyl (C=O) groups excluding carboxylic acids is 2. The highest BCUT2D eigenvalue weighted by Gasteiger charge is 2.44. The Kier molecular flexibility index (Phi) is 7.83. The molecule has 7 nitrogen and oxygen atoms in total. The second-order valence-corrected chi connectivity index (χ2v) is 9.71. The third-order valence-corrected chi connectivity index (χ3v) is 7.04. The van der Waals surface area contributed by atoms with Crippen molar-refractivity contribution in [1.29, 1.82) is 0 Å². The second-order valence-electron chi connectivity index (χ2n) is 8.91. The summed E-state index contributed by atoms with van der Waals surface area (Å²) in [6, 6.07) is 14.0. The normalized spacial score (nSPS) is 19.7. The molecule has 34 heavy (non-hydrogen) atoms. The van der Waals surface area contributed by atoms with E-state index in [-0.39, 0.29) is 18.2 Å². The predicted octanol–water partition coefficient (Wildman–Crippen LogP) is 3.23. The number of nitrogens with one attached hydrogen (secondary N) is 1. The van der Waals surface area contributed by atoms with Gasteiger partial charge in [-0.2, -0.15) is 0 Å². The van der Waals surface area contributed by atoms with Crippen LogP contribution in [0.4, 0.5) is 11.4 Å². The van der Waals surface area contributed by atoms with Crippen LogP contribution in [0.15, 0.2) is 48.5 Å². The summed E-state index contributed by atoms with van der Waals surface area (Å²) in [5, 5.41) is 3.92. The molecule has 0 bridgehead atoms. The van der Waals surface area contributed by atoms with Crippen molar-refractivity contribution >= 4 is 52.1 Å². The van der Waals surface area contributed by atoms with Gasteiger partial charge in [0.15, 0.2) is 5.11 Å². The van der Waals surface area contributed by atoms with E-state index in [1.165, 1.54) is 0 Å². The van der Waals surface area contributed by atoms with Crippen LogP contribution < -0.4 is 10.2 Å². The Labute approximate surface area is 211 Å². The minimum absolute atomic E-state index is 0.0205. The van der Waals surface area contributed by atoms with Crippen LogP contribution in [-0.4, -0.2) is 84.0 Å². The fourth-order valence-electron chi connectivity index (χ4n) is 4.26. The van der Waals surface area contributed by atoms with Crippen molar-refractivity contribution in [2.45, 2.75) is 19.4 Å². The molecular weight excluding hydrogens is 470 g/mol. The summed E-state index contributed by atoms with van der Waals surface area (Å²) in [7, 11) is 2.13. The van der Waals surface area contributed by atoms with Gasteiger partial charge in [0.05, 0.1) is 12.1 Å². The van der Waals surface area contributed by atoms with Gasteiger partial charge in [-0.15, -0.1) is 0 Å². The van der Waals surface area contributed by atoms with Gasteiger partial charge < -0.3 is 15.1 Å². The van der Waals surface area contributed by atoms with Gasteiger partial charge >= 0.3 is 0 Å². The van der Waals surface area contributed by atoms with Gasteiger partial charge in [0, 0.05) is 50.0 Å². The molecule has 1 unspecified atom stereocenters. The molecule has 0 radical (unpaired) electrons. The topological polar surface area (TPSA) is 59.1 Å². The zero-order valence-electron chi connectivity index (χ0n) is 19.5. The minimum atomic E-state index is -0.645. The highest BCUT2D eigenvalue weighted by Crippen LogP contribution is 2.28. The van der Waals surface area contributed by atoms with Gasteiger partial charge in [-0.1, -0.05) is 29.3 Å².